The summed E-state index contributed by atoms with van der Waals surface area (Å²) in [7, 11) is 0. The molecule has 15 rings (SSSR count). The second kappa shape index (κ2) is 39.9. The predicted molar refractivity (Wildman–Crippen MR) is 444 cm³/mol. The lowest BCUT2D eigenvalue weighted by Crippen LogP contribution is -2.28. The predicted octanol–water partition coefficient (Wildman–Crippen LogP) is 19.1. The molecule has 114 heavy (non-hydrogen) atoms. The number of fused-ring (bicyclic) bond motifs is 13. The van der Waals surface area contributed by atoms with Crippen LogP contribution < -0.4 is 18.9 Å². The van der Waals surface area contributed by atoms with E-state index >= 15 is 0 Å². The summed E-state index contributed by atoms with van der Waals surface area (Å²) in [6.07, 6.45) is 16.4. The molecule has 16 nitrogen and oxygen atoms in total. The number of benzene rings is 10. The van der Waals surface area contributed by atoms with E-state index in [1.807, 2.05) is 48.5 Å². The fourth-order valence-corrected chi connectivity index (χ4v) is 16.6. The van der Waals surface area contributed by atoms with Crippen LogP contribution in [0.4, 0.5) is 0 Å². The smallest absolute Gasteiger partial charge is 0.330 e. The number of rotatable bonds is 28. The van der Waals surface area contributed by atoms with Crippen LogP contribution in [0.3, 0.4) is 0 Å². The molecule has 4 unspecified atom stereocenters. The molecule has 2 bridgehead atoms. The summed E-state index contributed by atoms with van der Waals surface area (Å²) in [5.41, 5.74) is 13.0. The van der Waals surface area contributed by atoms with Crippen LogP contribution in [-0.4, -0.2) is 102 Å². The average Bonchev–Trinajstić information content (AvgIpc) is 1.54. The first-order valence-corrected chi connectivity index (χ1v) is 38.6. The van der Waals surface area contributed by atoms with Crippen LogP contribution in [0, 0.1) is 23.7 Å². The van der Waals surface area contributed by atoms with Gasteiger partial charge < -0.3 is 47.4 Å². The third kappa shape index (κ3) is 19.0. The first-order valence-electron chi connectivity index (χ1n) is 38.6. The number of ether oxygens (including phenoxy) is 10. The van der Waals surface area contributed by atoms with Crippen molar-refractivity contribution in [3.63, 3.8) is 0 Å². The summed E-state index contributed by atoms with van der Waals surface area (Å²) in [5, 5.41) is 4.27. The van der Waals surface area contributed by atoms with Crippen LogP contribution in [-0.2, 0) is 68.0 Å². The lowest BCUT2D eigenvalue weighted by molar-refractivity contribution is -0.139. The van der Waals surface area contributed by atoms with Gasteiger partial charge in [-0.2, -0.15) is 0 Å². The van der Waals surface area contributed by atoms with Crippen LogP contribution >= 0.6 is 0 Å². The molecule has 4 atom stereocenters. The van der Waals surface area contributed by atoms with Crippen molar-refractivity contribution in [2.75, 3.05) is 66.1 Å². The van der Waals surface area contributed by atoms with Crippen molar-refractivity contribution < 1.29 is 76.1 Å². The Hall–Kier alpha value is -12.8. The Morgan fingerprint density at radius 1 is 0.307 bits per heavy atom. The van der Waals surface area contributed by atoms with Gasteiger partial charge in [-0.1, -0.05) is 204 Å². The van der Waals surface area contributed by atoms with Crippen LogP contribution in [0.15, 0.2) is 294 Å². The molecule has 5 aliphatic rings. The van der Waals surface area contributed by atoms with Crippen molar-refractivity contribution in [2.24, 2.45) is 23.7 Å². The molecule has 16 heteroatoms. The second-order valence-corrected chi connectivity index (χ2v) is 27.6. The van der Waals surface area contributed by atoms with Crippen LogP contribution in [0.1, 0.15) is 96.9 Å². The first kappa shape index (κ1) is 82.1. The van der Waals surface area contributed by atoms with Crippen molar-refractivity contribution in [1.29, 1.82) is 0 Å². The van der Waals surface area contributed by atoms with Crippen LogP contribution in [0.2, 0.25) is 0 Å². The van der Waals surface area contributed by atoms with Crippen LogP contribution in [0.5, 0.6) is 23.0 Å². The van der Waals surface area contributed by atoms with Gasteiger partial charge in [0.05, 0.1) is 24.0 Å². The van der Waals surface area contributed by atoms with E-state index in [0.29, 0.717) is 36.2 Å². The Labute approximate surface area is 666 Å². The average molecular weight is 1530 g/mol. The molecule has 3 fully saturated rings. The maximum absolute atomic E-state index is 11.4. The summed E-state index contributed by atoms with van der Waals surface area (Å²) < 4.78 is 52.3. The Morgan fingerprint density at radius 2 is 0.570 bits per heavy atom. The highest BCUT2D eigenvalue weighted by molar-refractivity contribution is 5.93. The Morgan fingerprint density at radius 3 is 0.877 bits per heavy atom. The topological polar surface area (TPSA) is 195 Å². The monoisotopic (exact) mass is 1530 g/mol. The summed E-state index contributed by atoms with van der Waals surface area (Å²) in [6, 6.07) is 75.8. The molecule has 10 aromatic rings. The zero-order chi connectivity index (χ0) is 80.4. The maximum Gasteiger partial charge on any atom is 0.330 e. The molecule has 584 valence electrons. The Bertz CT molecular complexity index is 4790. The minimum absolute atomic E-state index is 0.141. The fraction of sp³-hybridized carbons (Fsp3) is 0.245. The van der Waals surface area contributed by atoms with Crippen molar-refractivity contribution >= 4 is 57.4 Å². The van der Waals surface area contributed by atoms with Gasteiger partial charge in [0, 0.05) is 36.5 Å². The number of esters is 6. The minimum Gasteiger partial charge on any atom is -0.490 e. The highest BCUT2D eigenvalue weighted by Crippen LogP contribution is 2.60. The fourth-order valence-electron chi connectivity index (χ4n) is 16.6. The van der Waals surface area contributed by atoms with Gasteiger partial charge in [0.1, 0.15) is 75.9 Å². The zero-order valence-corrected chi connectivity index (χ0v) is 64.6. The molecule has 5 aliphatic carbocycles. The van der Waals surface area contributed by atoms with Crippen molar-refractivity contribution in [1.82, 2.24) is 0 Å². The first-order chi connectivity index (χ1) is 55.6. The van der Waals surface area contributed by atoms with E-state index in [2.05, 4.69) is 219 Å². The zero-order valence-electron chi connectivity index (χ0n) is 64.6. The molecule has 0 amide bonds. The second-order valence-electron chi connectivity index (χ2n) is 27.6. The lowest BCUT2D eigenvalue weighted by atomic mass is 9.67. The van der Waals surface area contributed by atoms with Crippen molar-refractivity contribution in [2.45, 2.75) is 63.2 Å². The van der Waals surface area contributed by atoms with E-state index in [4.69, 9.17) is 37.9 Å². The highest BCUT2D eigenvalue weighted by atomic mass is 16.6. The van der Waals surface area contributed by atoms with Gasteiger partial charge in [-0.15, -0.1) is 0 Å². The van der Waals surface area contributed by atoms with Gasteiger partial charge in [0.25, 0.3) is 0 Å². The van der Waals surface area contributed by atoms with Gasteiger partial charge in [-0.3, -0.25) is 0 Å². The van der Waals surface area contributed by atoms with Crippen LogP contribution in [0.25, 0.3) is 43.8 Å². The molecule has 0 saturated heterocycles. The Kier molecular flexibility index (Phi) is 28.7. The van der Waals surface area contributed by atoms with Crippen molar-refractivity contribution in [3.8, 4) is 45.3 Å². The van der Waals surface area contributed by atoms with E-state index in [1.165, 1.54) is 68.2 Å². The number of carbonyl (C=O) groups excluding carboxylic acids is 6. The molecule has 3 saturated carbocycles. The van der Waals surface area contributed by atoms with Gasteiger partial charge in [0.2, 0.25) is 0 Å². The summed E-state index contributed by atoms with van der Waals surface area (Å²) in [6.45, 7) is 25.9. The number of hydrogen-bond acceptors (Lipinski definition) is 16. The third-order valence-corrected chi connectivity index (χ3v) is 21.3. The maximum atomic E-state index is 11.4. The third-order valence-electron chi connectivity index (χ3n) is 21.3. The molecule has 0 N–H and O–H groups in total. The van der Waals surface area contributed by atoms with Gasteiger partial charge in [-0.05, 0) is 219 Å². The molecule has 0 spiro atoms. The molecule has 0 aromatic heterocycles. The van der Waals surface area contributed by atoms with E-state index < -0.39 is 34.7 Å². The lowest BCUT2D eigenvalue weighted by Gasteiger charge is -2.34. The standard InChI is InChI=1S/C43H34O6.C35H30O6.C10H16.2C5H8O2/c1-3-41(44)48-23-21-46-35-19-15-29-25-33(17-13-31(29)27-35)43(39-11-7-5-9-37(39)38-10-6-8-12-40(38)43)34-18-14-32-28-36(20-16-30(32)26-34)47-22-24-49-42(45)4-2;1-3-33(36)40-23-21-38-27-17-13-25(14-18-27)35(26-15-19-28(20-16-26)39-22-24-41-34(37)4-2)31-11-7-5-9-29(31)30-10-6-8-12-32(30)35;1-2-9-7-4-5-8(6-7)10(9)3-1;2*1-3-5(6)7-4-2/h3-20,25-28H,1-2,21-24H2;3-20H,1-2,21-24H2;7-10H,1-6H2;2*3H,1,4H2,2H3. The summed E-state index contributed by atoms with van der Waals surface area (Å²) in [4.78, 5) is 65.4. The molecule has 0 aliphatic heterocycles. The summed E-state index contributed by atoms with van der Waals surface area (Å²) in [5.74, 6) is 4.97. The van der Waals surface area contributed by atoms with E-state index in [9.17, 15) is 28.8 Å². The van der Waals surface area contributed by atoms with E-state index in [0.717, 1.165) is 80.3 Å². The molecular formula is C98H96O16. The largest absolute Gasteiger partial charge is 0.490 e. The SMILES string of the molecule is C1CC2C3CCC(C3)C2C1.C=CC(=O)OCC.C=CC(=O)OCC.C=CC(=O)OCCOc1ccc(C2(c3ccc(OCCOC(=O)C=C)cc3)c3ccccc3-c3ccccc32)cc1.C=CC(=O)OCCOc1ccc2cc(C3(c4ccc5cc(OCCOC(=O)C=C)ccc5c4)c4ccccc4-c4ccccc43)ccc2c1. The molecule has 0 heterocycles. The van der Waals surface area contributed by atoms with Gasteiger partial charge in [0.15, 0.2) is 0 Å². The molecule has 10 aromatic carbocycles. The Balaban J connectivity index is 0.000000175. The van der Waals surface area contributed by atoms with Crippen molar-refractivity contribution in [3.05, 3.63) is 339 Å². The highest BCUT2D eigenvalue weighted by Gasteiger charge is 2.50. The van der Waals surface area contributed by atoms with E-state index in [-0.39, 0.29) is 64.8 Å². The number of carbonyl (C=O) groups is 6. The normalized spacial score (nSPS) is 15.8. The number of hydrogen-bond donors (Lipinski definition) is 0. The van der Waals surface area contributed by atoms with E-state index in [1.54, 1.807) is 52.4 Å². The molecular weight excluding hydrogens is 1430 g/mol. The van der Waals surface area contributed by atoms with Gasteiger partial charge >= 0.3 is 35.8 Å². The summed E-state index contributed by atoms with van der Waals surface area (Å²) >= 11 is 0. The molecule has 0 radical (unpaired) electrons. The minimum atomic E-state index is -0.566. The van der Waals surface area contributed by atoms with Gasteiger partial charge in [-0.25, -0.2) is 28.8 Å². The quantitative estimate of drug-likeness (QED) is 0.0194.